The Hall–Kier alpha value is -1.85. The summed E-state index contributed by atoms with van der Waals surface area (Å²) in [5, 5.41) is 12.2. The molecule has 0 aromatic carbocycles. The Labute approximate surface area is 99.2 Å². The maximum absolute atomic E-state index is 11.7. The van der Waals surface area contributed by atoms with Gasteiger partial charge in [0.25, 0.3) is 0 Å². The fourth-order valence-electron chi connectivity index (χ4n) is 1.85. The highest BCUT2D eigenvalue weighted by molar-refractivity contribution is 5.98. The number of anilines is 1. The van der Waals surface area contributed by atoms with E-state index in [1.807, 2.05) is 6.07 Å². The van der Waals surface area contributed by atoms with E-state index in [4.69, 9.17) is 0 Å². The van der Waals surface area contributed by atoms with Crippen LogP contribution in [0.5, 0.6) is 0 Å². The van der Waals surface area contributed by atoms with E-state index in [1.165, 1.54) is 0 Å². The van der Waals surface area contributed by atoms with Crippen molar-refractivity contribution in [2.75, 3.05) is 5.32 Å². The van der Waals surface area contributed by atoms with Gasteiger partial charge >= 0.3 is 0 Å². The zero-order valence-electron chi connectivity index (χ0n) is 9.75. The van der Waals surface area contributed by atoms with E-state index in [-0.39, 0.29) is 11.8 Å². The zero-order chi connectivity index (χ0) is 12.3. The second kappa shape index (κ2) is 4.99. The molecule has 6 heteroatoms. The van der Waals surface area contributed by atoms with Crippen LogP contribution < -0.4 is 10.6 Å². The normalized spacial score (nSPS) is 19.1. The summed E-state index contributed by atoms with van der Waals surface area (Å²) in [6.07, 6.45) is 2.90. The van der Waals surface area contributed by atoms with Gasteiger partial charge < -0.3 is 10.6 Å². The first kappa shape index (κ1) is 11.6. The van der Waals surface area contributed by atoms with Gasteiger partial charge in [0.1, 0.15) is 6.04 Å². The Bertz CT molecular complexity index is 427. The molecule has 92 valence electrons. The molecular formula is C11H16N4O2. The van der Waals surface area contributed by atoms with E-state index in [9.17, 15) is 9.59 Å². The molecular weight excluding hydrogens is 220 g/mol. The average Bonchev–Trinajstić information content (AvgIpc) is 2.88. The van der Waals surface area contributed by atoms with Gasteiger partial charge in [-0.25, -0.2) is 0 Å². The van der Waals surface area contributed by atoms with Gasteiger partial charge in [-0.2, -0.15) is 5.10 Å². The van der Waals surface area contributed by atoms with Crippen molar-refractivity contribution in [3.8, 4) is 0 Å². The first-order valence-electron chi connectivity index (χ1n) is 5.83. The summed E-state index contributed by atoms with van der Waals surface area (Å²) < 4.78 is 0. The summed E-state index contributed by atoms with van der Waals surface area (Å²) in [6.45, 7) is 2.08. The van der Waals surface area contributed by atoms with E-state index in [1.54, 1.807) is 0 Å². The Morgan fingerprint density at radius 2 is 2.47 bits per heavy atom. The van der Waals surface area contributed by atoms with Crippen molar-refractivity contribution < 1.29 is 9.59 Å². The molecule has 1 aliphatic heterocycles. The van der Waals surface area contributed by atoms with Gasteiger partial charge in [0, 0.05) is 18.2 Å². The number of carbonyl (C=O) groups is 2. The van der Waals surface area contributed by atoms with Crippen molar-refractivity contribution in [1.29, 1.82) is 0 Å². The van der Waals surface area contributed by atoms with E-state index in [0.717, 1.165) is 18.5 Å². The predicted octanol–water partition coefficient (Wildman–Crippen LogP) is 0.579. The van der Waals surface area contributed by atoms with Crippen LogP contribution in [-0.4, -0.2) is 28.1 Å². The summed E-state index contributed by atoms with van der Waals surface area (Å²) in [5.41, 5.74) is 0.998. The van der Waals surface area contributed by atoms with Crippen LogP contribution in [0, 0.1) is 0 Å². The van der Waals surface area contributed by atoms with Crippen molar-refractivity contribution in [2.45, 2.75) is 38.6 Å². The first-order chi connectivity index (χ1) is 8.19. The van der Waals surface area contributed by atoms with E-state index in [2.05, 4.69) is 27.8 Å². The number of aryl methyl sites for hydroxylation is 1. The second-order valence-electron chi connectivity index (χ2n) is 4.18. The smallest absolute Gasteiger partial charge is 0.248 e. The zero-order valence-corrected chi connectivity index (χ0v) is 9.75. The lowest BCUT2D eigenvalue weighted by Crippen LogP contribution is -2.37. The summed E-state index contributed by atoms with van der Waals surface area (Å²) in [5.74, 6) is 0.240. The maximum Gasteiger partial charge on any atom is 0.248 e. The molecule has 0 spiro atoms. The lowest BCUT2D eigenvalue weighted by atomic mass is 10.2. The Kier molecular flexibility index (Phi) is 3.41. The van der Waals surface area contributed by atoms with Crippen molar-refractivity contribution in [2.24, 2.45) is 0 Å². The number of rotatable bonds is 4. The van der Waals surface area contributed by atoms with Crippen LogP contribution in [-0.2, 0) is 16.0 Å². The predicted molar refractivity (Wildman–Crippen MR) is 62.4 cm³/mol. The largest absolute Gasteiger partial charge is 0.344 e. The molecule has 0 aliphatic carbocycles. The molecule has 1 aliphatic rings. The lowest BCUT2D eigenvalue weighted by molar-refractivity contribution is -0.122. The van der Waals surface area contributed by atoms with Crippen LogP contribution in [0.2, 0.25) is 0 Å². The lowest BCUT2D eigenvalue weighted by Gasteiger charge is -2.08. The molecule has 2 rings (SSSR count). The molecule has 1 saturated heterocycles. The molecule has 1 fully saturated rings. The molecule has 0 saturated carbocycles. The molecule has 1 aromatic heterocycles. The van der Waals surface area contributed by atoms with Gasteiger partial charge in [0.15, 0.2) is 5.82 Å². The van der Waals surface area contributed by atoms with Crippen molar-refractivity contribution in [3.63, 3.8) is 0 Å². The number of H-pyrrole nitrogens is 1. The molecule has 6 nitrogen and oxygen atoms in total. The molecule has 1 aromatic rings. The van der Waals surface area contributed by atoms with Gasteiger partial charge in [0.2, 0.25) is 11.8 Å². The van der Waals surface area contributed by atoms with E-state index >= 15 is 0 Å². The maximum atomic E-state index is 11.7. The quantitative estimate of drug-likeness (QED) is 0.714. The summed E-state index contributed by atoms with van der Waals surface area (Å²) >= 11 is 0. The summed E-state index contributed by atoms with van der Waals surface area (Å²) in [4.78, 5) is 22.7. The molecule has 0 unspecified atom stereocenters. The number of hydrogen-bond donors (Lipinski definition) is 3. The highest BCUT2D eigenvalue weighted by atomic mass is 16.2. The highest BCUT2D eigenvalue weighted by Crippen LogP contribution is 2.11. The fraction of sp³-hybridized carbons (Fsp3) is 0.545. The monoisotopic (exact) mass is 236 g/mol. The average molecular weight is 236 g/mol. The van der Waals surface area contributed by atoms with Gasteiger partial charge in [-0.15, -0.1) is 0 Å². The first-order valence-corrected chi connectivity index (χ1v) is 5.83. The van der Waals surface area contributed by atoms with Gasteiger partial charge in [-0.05, 0) is 12.8 Å². The molecule has 2 amide bonds. The van der Waals surface area contributed by atoms with Crippen molar-refractivity contribution in [3.05, 3.63) is 11.8 Å². The summed E-state index contributed by atoms with van der Waals surface area (Å²) in [7, 11) is 0. The second-order valence-corrected chi connectivity index (χ2v) is 4.18. The molecule has 17 heavy (non-hydrogen) atoms. The van der Waals surface area contributed by atoms with Crippen LogP contribution in [0.4, 0.5) is 5.82 Å². The van der Waals surface area contributed by atoms with Gasteiger partial charge in [0.05, 0.1) is 0 Å². The third kappa shape index (κ3) is 2.83. The molecule has 3 N–H and O–H groups in total. The molecule has 2 heterocycles. The summed E-state index contributed by atoms with van der Waals surface area (Å²) in [6, 6.07) is 1.40. The van der Waals surface area contributed by atoms with E-state index < -0.39 is 6.04 Å². The standard InChI is InChI=1S/C11H16N4O2/c1-2-3-7-6-9(15-14-7)13-11(17)8-4-5-10(16)12-8/h6,8H,2-5H2,1H3,(H,12,16)(H2,13,14,15,17)/t8-/m1/s1. The SMILES string of the molecule is CCCc1cc(NC(=O)[C@H]2CCC(=O)N2)n[nH]1. The third-order valence-corrected chi connectivity index (χ3v) is 2.71. The number of nitrogens with one attached hydrogen (secondary N) is 3. The highest BCUT2D eigenvalue weighted by Gasteiger charge is 2.27. The molecule has 0 bridgehead atoms. The van der Waals surface area contributed by atoms with Gasteiger partial charge in [-0.1, -0.05) is 13.3 Å². The van der Waals surface area contributed by atoms with Crippen LogP contribution in [0.15, 0.2) is 6.07 Å². The number of nitrogens with zero attached hydrogens (tertiary/aromatic N) is 1. The van der Waals surface area contributed by atoms with Crippen LogP contribution >= 0.6 is 0 Å². The van der Waals surface area contributed by atoms with Crippen LogP contribution in [0.3, 0.4) is 0 Å². The number of aromatic nitrogens is 2. The van der Waals surface area contributed by atoms with Crippen molar-refractivity contribution in [1.82, 2.24) is 15.5 Å². The molecule has 1 atom stereocenters. The molecule has 0 radical (unpaired) electrons. The van der Waals surface area contributed by atoms with Crippen molar-refractivity contribution >= 4 is 17.6 Å². The van der Waals surface area contributed by atoms with Gasteiger partial charge in [-0.3, -0.25) is 14.7 Å². The number of amides is 2. The third-order valence-electron chi connectivity index (χ3n) is 2.71. The number of aromatic amines is 1. The fourth-order valence-corrected chi connectivity index (χ4v) is 1.85. The Morgan fingerprint density at radius 1 is 1.65 bits per heavy atom. The Balaban J connectivity index is 1.91. The topological polar surface area (TPSA) is 86.9 Å². The van der Waals surface area contributed by atoms with Crippen LogP contribution in [0.1, 0.15) is 31.9 Å². The number of hydrogen-bond acceptors (Lipinski definition) is 3. The van der Waals surface area contributed by atoms with E-state index in [0.29, 0.717) is 18.7 Å². The van der Waals surface area contributed by atoms with Crippen LogP contribution in [0.25, 0.3) is 0 Å². The minimum Gasteiger partial charge on any atom is -0.344 e. The minimum absolute atomic E-state index is 0.0705. The number of carbonyl (C=O) groups excluding carboxylic acids is 2. The minimum atomic E-state index is -0.422. The Morgan fingerprint density at radius 3 is 3.12 bits per heavy atom.